The van der Waals surface area contributed by atoms with Gasteiger partial charge in [0.15, 0.2) is 0 Å². The van der Waals surface area contributed by atoms with E-state index >= 15 is 0 Å². The maximum absolute atomic E-state index is 12.1. The number of ether oxygens (including phenoxy) is 1. The molecule has 78 valence electrons. The molecule has 0 bridgehead atoms. The second kappa shape index (κ2) is 3.84. The molecule has 0 aliphatic carbocycles. The monoisotopic (exact) mass is 197 g/mol. The van der Waals surface area contributed by atoms with E-state index in [-0.39, 0.29) is 18.4 Å². The average molecular weight is 197 g/mol. The minimum Gasteiger partial charge on any atom is -0.378 e. The van der Waals surface area contributed by atoms with Gasteiger partial charge in [-0.3, -0.25) is 0 Å². The number of rotatable bonds is 2. The molecule has 3 atom stereocenters. The number of hydrogen-bond donors (Lipinski definition) is 1. The SMILES string of the molecule is CC1OCCC1CC(N)C(F)(F)F. The van der Waals surface area contributed by atoms with Crippen molar-refractivity contribution in [2.75, 3.05) is 6.61 Å². The van der Waals surface area contributed by atoms with Gasteiger partial charge in [-0.1, -0.05) is 0 Å². The lowest BCUT2D eigenvalue weighted by atomic mass is 9.94. The molecule has 5 heteroatoms. The fourth-order valence-corrected chi connectivity index (χ4v) is 1.55. The van der Waals surface area contributed by atoms with Gasteiger partial charge in [0.1, 0.15) is 6.04 Å². The third-order valence-corrected chi connectivity index (χ3v) is 2.51. The fraction of sp³-hybridized carbons (Fsp3) is 1.00. The minimum atomic E-state index is -4.28. The Balaban J connectivity index is 2.40. The topological polar surface area (TPSA) is 35.2 Å². The maximum atomic E-state index is 12.1. The van der Waals surface area contributed by atoms with Crippen molar-refractivity contribution in [3.63, 3.8) is 0 Å². The van der Waals surface area contributed by atoms with Gasteiger partial charge in [0.05, 0.1) is 6.10 Å². The second-order valence-corrected chi connectivity index (χ2v) is 3.51. The molecule has 0 spiro atoms. The summed E-state index contributed by atoms with van der Waals surface area (Å²) in [5.74, 6) is -0.0448. The molecule has 0 aromatic heterocycles. The Morgan fingerprint density at radius 2 is 2.15 bits per heavy atom. The van der Waals surface area contributed by atoms with Crippen molar-refractivity contribution in [1.29, 1.82) is 0 Å². The van der Waals surface area contributed by atoms with Crippen molar-refractivity contribution >= 4 is 0 Å². The second-order valence-electron chi connectivity index (χ2n) is 3.51. The molecule has 1 aliphatic heterocycles. The Kier molecular flexibility index (Phi) is 3.18. The van der Waals surface area contributed by atoms with E-state index in [9.17, 15) is 13.2 Å². The Morgan fingerprint density at radius 3 is 2.54 bits per heavy atom. The molecular formula is C8H14F3NO. The molecule has 13 heavy (non-hydrogen) atoms. The van der Waals surface area contributed by atoms with Crippen molar-refractivity contribution in [2.45, 2.75) is 38.1 Å². The summed E-state index contributed by atoms with van der Waals surface area (Å²) in [6.45, 7) is 2.34. The normalized spacial score (nSPS) is 32.1. The van der Waals surface area contributed by atoms with Crippen LogP contribution in [-0.4, -0.2) is 24.9 Å². The first-order valence-corrected chi connectivity index (χ1v) is 4.35. The summed E-state index contributed by atoms with van der Waals surface area (Å²) < 4.78 is 41.3. The number of hydrogen-bond acceptors (Lipinski definition) is 2. The molecule has 2 N–H and O–H groups in total. The number of nitrogens with two attached hydrogens (primary N) is 1. The molecule has 1 saturated heterocycles. The van der Waals surface area contributed by atoms with Gasteiger partial charge >= 0.3 is 6.18 Å². The van der Waals surface area contributed by atoms with E-state index in [0.717, 1.165) is 0 Å². The molecule has 1 fully saturated rings. The summed E-state index contributed by atoms with van der Waals surface area (Å²) in [7, 11) is 0. The van der Waals surface area contributed by atoms with Crippen LogP contribution in [-0.2, 0) is 4.74 Å². The first-order chi connectivity index (χ1) is 5.91. The van der Waals surface area contributed by atoms with Gasteiger partial charge in [-0.15, -0.1) is 0 Å². The third kappa shape index (κ3) is 2.84. The van der Waals surface area contributed by atoms with E-state index in [1.165, 1.54) is 0 Å². The number of alkyl halides is 3. The van der Waals surface area contributed by atoms with Gasteiger partial charge in [0.2, 0.25) is 0 Å². The van der Waals surface area contributed by atoms with E-state index in [4.69, 9.17) is 10.5 Å². The van der Waals surface area contributed by atoms with Crippen LogP contribution < -0.4 is 5.73 Å². The van der Waals surface area contributed by atoms with Crippen LogP contribution in [0.15, 0.2) is 0 Å². The van der Waals surface area contributed by atoms with Crippen molar-refractivity contribution in [3.05, 3.63) is 0 Å². The lowest BCUT2D eigenvalue weighted by Gasteiger charge is -2.20. The van der Waals surface area contributed by atoms with Crippen LogP contribution in [0.4, 0.5) is 13.2 Å². The van der Waals surface area contributed by atoms with Crippen LogP contribution >= 0.6 is 0 Å². The lowest BCUT2D eigenvalue weighted by Crippen LogP contribution is -2.39. The molecule has 1 aliphatic rings. The van der Waals surface area contributed by atoms with Crippen LogP contribution in [0.2, 0.25) is 0 Å². The number of halogens is 3. The van der Waals surface area contributed by atoms with Crippen LogP contribution in [0.3, 0.4) is 0 Å². The average Bonchev–Trinajstić information content (AvgIpc) is 2.34. The highest BCUT2D eigenvalue weighted by atomic mass is 19.4. The summed E-state index contributed by atoms with van der Waals surface area (Å²) in [6.07, 6.45) is -3.70. The van der Waals surface area contributed by atoms with Gasteiger partial charge in [-0.05, 0) is 25.7 Å². The van der Waals surface area contributed by atoms with Gasteiger partial charge in [-0.2, -0.15) is 13.2 Å². The van der Waals surface area contributed by atoms with Crippen LogP contribution in [0.1, 0.15) is 19.8 Å². The third-order valence-electron chi connectivity index (χ3n) is 2.51. The van der Waals surface area contributed by atoms with Crippen LogP contribution in [0, 0.1) is 5.92 Å². The lowest BCUT2D eigenvalue weighted by molar-refractivity contribution is -0.151. The summed E-state index contributed by atoms with van der Waals surface area (Å²) in [6, 6.07) is -1.71. The van der Waals surface area contributed by atoms with E-state index in [2.05, 4.69) is 0 Å². The zero-order chi connectivity index (χ0) is 10.1. The largest absolute Gasteiger partial charge is 0.403 e. The summed E-state index contributed by atoms with van der Waals surface area (Å²) >= 11 is 0. The first-order valence-electron chi connectivity index (χ1n) is 4.35. The molecule has 0 aromatic carbocycles. The molecule has 1 rings (SSSR count). The standard InChI is InChI=1S/C8H14F3NO/c1-5-6(2-3-13-5)4-7(12)8(9,10)11/h5-7H,2-4,12H2,1H3. The highest BCUT2D eigenvalue weighted by Gasteiger charge is 2.39. The molecule has 0 amide bonds. The van der Waals surface area contributed by atoms with E-state index in [0.29, 0.717) is 13.0 Å². The van der Waals surface area contributed by atoms with E-state index in [1.807, 2.05) is 0 Å². The van der Waals surface area contributed by atoms with Crippen LogP contribution in [0.25, 0.3) is 0 Å². The highest BCUT2D eigenvalue weighted by molar-refractivity contribution is 4.80. The molecule has 0 radical (unpaired) electrons. The molecule has 2 nitrogen and oxygen atoms in total. The Bertz CT molecular complexity index is 171. The van der Waals surface area contributed by atoms with Crippen molar-refractivity contribution in [3.8, 4) is 0 Å². The van der Waals surface area contributed by atoms with Crippen molar-refractivity contribution < 1.29 is 17.9 Å². The van der Waals surface area contributed by atoms with Crippen molar-refractivity contribution in [2.24, 2.45) is 11.7 Å². The highest BCUT2D eigenvalue weighted by Crippen LogP contribution is 2.29. The predicted molar refractivity (Wildman–Crippen MR) is 42.2 cm³/mol. The molecule has 0 aromatic rings. The molecule has 3 unspecified atom stereocenters. The van der Waals surface area contributed by atoms with Gasteiger partial charge < -0.3 is 10.5 Å². The zero-order valence-corrected chi connectivity index (χ0v) is 7.47. The molecular weight excluding hydrogens is 183 g/mol. The van der Waals surface area contributed by atoms with Gasteiger partial charge in [-0.25, -0.2) is 0 Å². The Labute approximate surface area is 75.2 Å². The van der Waals surface area contributed by atoms with E-state index < -0.39 is 12.2 Å². The first kappa shape index (κ1) is 10.8. The summed E-state index contributed by atoms with van der Waals surface area (Å²) in [5.41, 5.74) is 5.01. The van der Waals surface area contributed by atoms with Crippen LogP contribution in [0.5, 0.6) is 0 Å². The predicted octanol–water partition coefficient (Wildman–Crippen LogP) is 1.69. The summed E-state index contributed by atoms with van der Waals surface area (Å²) in [4.78, 5) is 0. The fourth-order valence-electron chi connectivity index (χ4n) is 1.55. The molecule has 1 heterocycles. The summed E-state index contributed by atoms with van der Waals surface area (Å²) in [5, 5.41) is 0. The zero-order valence-electron chi connectivity index (χ0n) is 7.47. The maximum Gasteiger partial charge on any atom is 0.403 e. The minimum absolute atomic E-state index is 0.0231. The molecule has 0 saturated carbocycles. The van der Waals surface area contributed by atoms with Gasteiger partial charge in [0, 0.05) is 6.61 Å². The quantitative estimate of drug-likeness (QED) is 0.731. The van der Waals surface area contributed by atoms with E-state index in [1.54, 1.807) is 6.92 Å². The Morgan fingerprint density at radius 1 is 1.54 bits per heavy atom. The van der Waals surface area contributed by atoms with Crippen molar-refractivity contribution in [1.82, 2.24) is 0 Å². The smallest absolute Gasteiger partial charge is 0.378 e. The Hall–Kier alpha value is -0.290. The van der Waals surface area contributed by atoms with Gasteiger partial charge in [0.25, 0.3) is 0 Å².